The minimum absolute atomic E-state index is 0.379. The average molecular weight is 256 g/mol. The van der Waals surface area contributed by atoms with E-state index >= 15 is 0 Å². The number of hydrogen-bond donors (Lipinski definition) is 2. The second-order valence-corrected chi connectivity index (χ2v) is 5.80. The predicted molar refractivity (Wildman–Crippen MR) is 75.7 cm³/mol. The van der Waals surface area contributed by atoms with Gasteiger partial charge in [-0.3, -0.25) is 0 Å². The summed E-state index contributed by atoms with van der Waals surface area (Å²) in [6, 6.07) is 0.494. The van der Waals surface area contributed by atoms with Gasteiger partial charge in [-0.1, -0.05) is 26.0 Å². The van der Waals surface area contributed by atoms with Gasteiger partial charge < -0.3 is 15.4 Å². The summed E-state index contributed by atoms with van der Waals surface area (Å²) in [5.41, 5.74) is -0.442. The van der Waals surface area contributed by atoms with Crippen LogP contribution in [0.25, 0.3) is 0 Å². The SMILES string of the molecule is CC(C)C(C)NC/C=C/CNC(=O)OC(C)(C)C. The molecule has 0 fully saturated rings. The van der Waals surface area contributed by atoms with Crippen molar-refractivity contribution in [3.63, 3.8) is 0 Å². The van der Waals surface area contributed by atoms with E-state index in [1.807, 2.05) is 32.9 Å². The maximum atomic E-state index is 11.3. The molecule has 0 aromatic heterocycles. The molecule has 0 saturated heterocycles. The first-order chi connectivity index (χ1) is 8.22. The monoisotopic (exact) mass is 256 g/mol. The van der Waals surface area contributed by atoms with Crippen molar-refractivity contribution >= 4 is 6.09 Å². The molecule has 0 radical (unpaired) electrons. The molecule has 1 amide bonds. The molecule has 0 aromatic carbocycles. The minimum atomic E-state index is -0.442. The summed E-state index contributed by atoms with van der Waals surface area (Å²) in [6.45, 7) is 13.4. The van der Waals surface area contributed by atoms with Crippen molar-refractivity contribution < 1.29 is 9.53 Å². The lowest BCUT2D eigenvalue weighted by atomic mass is 10.1. The molecule has 0 aromatic rings. The highest BCUT2D eigenvalue weighted by atomic mass is 16.6. The molecule has 4 heteroatoms. The van der Waals surface area contributed by atoms with E-state index in [0.717, 1.165) is 6.54 Å². The number of carbonyl (C=O) groups is 1. The molecule has 1 atom stereocenters. The third-order valence-corrected chi connectivity index (χ3v) is 2.49. The second-order valence-electron chi connectivity index (χ2n) is 5.80. The van der Waals surface area contributed by atoms with Gasteiger partial charge in [0.25, 0.3) is 0 Å². The van der Waals surface area contributed by atoms with Crippen LogP contribution in [-0.2, 0) is 4.74 Å². The van der Waals surface area contributed by atoms with E-state index in [9.17, 15) is 4.79 Å². The zero-order valence-electron chi connectivity index (χ0n) is 12.5. The Morgan fingerprint density at radius 2 is 1.72 bits per heavy atom. The van der Waals surface area contributed by atoms with Crippen molar-refractivity contribution in [3.05, 3.63) is 12.2 Å². The molecular formula is C14H28N2O2. The van der Waals surface area contributed by atoms with E-state index in [4.69, 9.17) is 4.74 Å². The van der Waals surface area contributed by atoms with Gasteiger partial charge in [0.2, 0.25) is 0 Å². The van der Waals surface area contributed by atoms with Crippen LogP contribution in [0.2, 0.25) is 0 Å². The number of carbonyl (C=O) groups excluding carboxylic acids is 1. The van der Waals surface area contributed by atoms with Gasteiger partial charge in [-0.25, -0.2) is 4.79 Å². The Labute approximate surface area is 111 Å². The Balaban J connectivity index is 3.63. The third-order valence-electron chi connectivity index (χ3n) is 2.49. The lowest BCUT2D eigenvalue weighted by Gasteiger charge is -2.19. The van der Waals surface area contributed by atoms with Crippen LogP contribution in [-0.4, -0.2) is 30.8 Å². The predicted octanol–water partition coefficient (Wildman–Crippen LogP) is 2.70. The van der Waals surface area contributed by atoms with Crippen LogP contribution in [0.3, 0.4) is 0 Å². The van der Waals surface area contributed by atoms with Crippen molar-refractivity contribution in [2.45, 2.75) is 53.2 Å². The average Bonchev–Trinajstić information content (AvgIpc) is 2.19. The fourth-order valence-electron chi connectivity index (χ4n) is 1.11. The molecule has 0 aliphatic carbocycles. The van der Waals surface area contributed by atoms with Crippen LogP contribution in [0.4, 0.5) is 4.79 Å². The quantitative estimate of drug-likeness (QED) is 0.718. The van der Waals surface area contributed by atoms with Crippen molar-refractivity contribution in [2.75, 3.05) is 13.1 Å². The van der Waals surface area contributed by atoms with Gasteiger partial charge in [-0.2, -0.15) is 0 Å². The summed E-state index contributed by atoms with van der Waals surface area (Å²) in [6.07, 6.45) is 3.55. The molecule has 1 unspecified atom stereocenters. The van der Waals surface area contributed by atoms with E-state index < -0.39 is 5.60 Å². The van der Waals surface area contributed by atoms with Crippen LogP contribution >= 0.6 is 0 Å². The van der Waals surface area contributed by atoms with Gasteiger partial charge in [-0.15, -0.1) is 0 Å². The van der Waals surface area contributed by atoms with Gasteiger partial charge in [-0.05, 0) is 33.6 Å². The zero-order chi connectivity index (χ0) is 14.2. The molecule has 0 aliphatic rings. The van der Waals surface area contributed by atoms with E-state index in [2.05, 4.69) is 31.4 Å². The molecule has 2 N–H and O–H groups in total. The van der Waals surface area contributed by atoms with Crippen LogP contribution < -0.4 is 10.6 Å². The molecule has 0 spiro atoms. The molecule has 0 heterocycles. The number of hydrogen-bond acceptors (Lipinski definition) is 3. The van der Waals surface area contributed by atoms with Gasteiger partial charge >= 0.3 is 6.09 Å². The highest BCUT2D eigenvalue weighted by molar-refractivity contribution is 5.67. The van der Waals surface area contributed by atoms with Crippen LogP contribution in [0.15, 0.2) is 12.2 Å². The van der Waals surface area contributed by atoms with Gasteiger partial charge in [0.05, 0.1) is 0 Å². The first kappa shape index (κ1) is 17.0. The molecule has 18 heavy (non-hydrogen) atoms. The van der Waals surface area contributed by atoms with Crippen LogP contribution in [0.1, 0.15) is 41.5 Å². The number of amides is 1. The lowest BCUT2D eigenvalue weighted by molar-refractivity contribution is 0.0534. The highest BCUT2D eigenvalue weighted by Gasteiger charge is 2.14. The number of nitrogens with one attached hydrogen (secondary N) is 2. The van der Waals surface area contributed by atoms with Crippen molar-refractivity contribution in [1.82, 2.24) is 10.6 Å². The summed E-state index contributed by atoms with van der Waals surface area (Å²) in [5, 5.41) is 6.05. The van der Waals surface area contributed by atoms with Crippen molar-refractivity contribution in [3.8, 4) is 0 Å². The highest BCUT2D eigenvalue weighted by Crippen LogP contribution is 2.06. The molecule has 4 nitrogen and oxygen atoms in total. The first-order valence-corrected chi connectivity index (χ1v) is 6.57. The standard InChI is InChI=1S/C14H28N2O2/c1-11(2)12(3)15-9-7-8-10-16-13(17)18-14(4,5)6/h7-8,11-12,15H,9-10H2,1-6H3,(H,16,17)/b8-7+. The molecular weight excluding hydrogens is 228 g/mol. The van der Waals surface area contributed by atoms with Crippen LogP contribution in [0.5, 0.6) is 0 Å². The van der Waals surface area contributed by atoms with Crippen molar-refractivity contribution in [1.29, 1.82) is 0 Å². The van der Waals surface area contributed by atoms with E-state index in [-0.39, 0.29) is 6.09 Å². The topological polar surface area (TPSA) is 50.4 Å². The van der Waals surface area contributed by atoms with Gasteiger partial charge in [0, 0.05) is 19.1 Å². The molecule has 0 rings (SSSR count). The largest absolute Gasteiger partial charge is 0.444 e. The maximum absolute atomic E-state index is 11.3. The Hall–Kier alpha value is -1.03. The number of ether oxygens (including phenoxy) is 1. The third kappa shape index (κ3) is 10.1. The molecule has 0 aliphatic heterocycles. The molecule has 0 saturated carbocycles. The summed E-state index contributed by atoms with van der Waals surface area (Å²) >= 11 is 0. The normalized spacial score (nSPS) is 13.9. The first-order valence-electron chi connectivity index (χ1n) is 6.57. The zero-order valence-corrected chi connectivity index (χ0v) is 12.5. The number of alkyl carbamates (subject to hydrolysis) is 1. The Bertz CT molecular complexity index is 267. The van der Waals surface area contributed by atoms with E-state index in [1.165, 1.54) is 0 Å². The van der Waals surface area contributed by atoms with Crippen LogP contribution in [0, 0.1) is 5.92 Å². The van der Waals surface area contributed by atoms with Gasteiger partial charge in [0.15, 0.2) is 0 Å². The maximum Gasteiger partial charge on any atom is 0.407 e. The fraction of sp³-hybridized carbons (Fsp3) is 0.786. The number of rotatable bonds is 6. The Kier molecular flexibility index (Phi) is 7.67. The smallest absolute Gasteiger partial charge is 0.407 e. The summed E-state index contributed by atoms with van der Waals surface area (Å²) in [4.78, 5) is 11.3. The summed E-state index contributed by atoms with van der Waals surface area (Å²) < 4.78 is 5.11. The Morgan fingerprint density at radius 3 is 2.22 bits per heavy atom. The summed E-state index contributed by atoms with van der Waals surface area (Å²) in [7, 11) is 0. The minimum Gasteiger partial charge on any atom is -0.444 e. The molecule has 106 valence electrons. The van der Waals surface area contributed by atoms with Gasteiger partial charge in [0.1, 0.15) is 5.60 Å². The molecule has 0 bridgehead atoms. The van der Waals surface area contributed by atoms with E-state index in [0.29, 0.717) is 18.5 Å². The van der Waals surface area contributed by atoms with E-state index in [1.54, 1.807) is 0 Å². The van der Waals surface area contributed by atoms with Crippen molar-refractivity contribution in [2.24, 2.45) is 5.92 Å². The fourth-order valence-corrected chi connectivity index (χ4v) is 1.11. The summed E-state index contributed by atoms with van der Waals surface area (Å²) in [5.74, 6) is 0.623. The lowest BCUT2D eigenvalue weighted by Crippen LogP contribution is -2.33. The Morgan fingerprint density at radius 1 is 1.17 bits per heavy atom. The second kappa shape index (κ2) is 8.14.